The summed E-state index contributed by atoms with van der Waals surface area (Å²) in [7, 11) is 0. The molecule has 2 heterocycles. The van der Waals surface area contributed by atoms with Crippen LogP contribution in [0, 0.1) is 11.3 Å². The van der Waals surface area contributed by atoms with Crippen molar-refractivity contribution in [3.8, 4) is 6.07 Å². The first-order valence-electron chi connectivity index (χ1n) is 6.64. The van der Waals surface area contributed by atoms with Gasteiger partial charge in [0.15, 0.2) is 5.65 Å². The van der Waals surface area contributed by atoms with Crippen molar-refractivity contribution in [1.82, 2.24) is 14.6 Å². The van der Waals surface area contributed by atoms with E-state index in [0.29, 0.717) is 5.56 Å². The van der Waals surface area contributed by atoms with Crippen molar-refractivity contribution in [2.45, 2.75) is 18.3 Å². The molecule has 0 amide bonds. The molecule has 1 aliphatic rings. The molecular weight excluding hydrogens is 248 g/mol. The van der Waals surface area contributed by atoms with Gasteiger partial charge in [-0.3, -0.25) is 4.40 Å². The summed E-state index contributed by atoms with van der Waals surface area (Å²) >= 11 is 0. The first-order valence-corrected chi connectivity index (χ1v) is 6.64. The van der Waals surface area contributed by atoms with Gasteiger partial charge in [-0.1, -0.05) is 30.3 Å². The van der Waals surface area contributed by atoms with E-state index in [-0.39, 0.29) is 5.41 Å². The molecule has 0 spiro atoms. The molecule has 1 aromatic carbocycles. The number of benzene rings is 1. The van der Waals surface area contributed by atoms with Crippen LogP contribution in [0.15, 0.2) is 48.7 Å². The van der Waals surface area contributed by atoms with Gasteiger partial charge in [-0.25, -0.2) is 0 Å². The minimum absolute atomic E-state index is 0.00512. The van der Waals surface area contributed by atoms with Gasteiger partial charge in [0.2, 0.25) is 0 Å². The number of pyridine rings is 1. The lowest BCUT2D eigenvalue weighted by Gasteiger charge is -2.13. The summed E-state index contributed by atoms with van der Waals surface area (Å²) in [5.41, 5.74) is 2.63. The van der Waals surface area contributed by atoms with E-state index in [2.05, 4.69) is 40.5 Å². The number of fused-ring (bicyclic) bond motifs is 1. The quantitative estimate of drug-likeness (QED) is 0.711. The third-order valence-corrected chi connectivity index (χ3v) is 4.04. The molecule has 20 heavy (non-hydrogen) atoms. The minimum Gasteiger partial charge on any atom is -0.286 e. The zero-order chi connectivity index (χ0) is 13.6. The molecule has 0 unspecified atom stereocenters. The molecule has 0 bridgehead atoms. The van der Waals surface area contributed by atoms with Gasteiger partial charge in [0.05, 0.1) is 17.0 Å². The Bertz CT molecular complexity index is 823. The summed E-state index contributed by atoms with van der Waals surface area (Å²) in [6.45, 7) is 0. The molecule has 4 nitrogen and oxygen atoms in total. The zero-order valence-electron chi connectivity index (χ0n) is 10.8. The molecule has 96 valence electrons. The molecule has 0 radical (unpaired) electrons. The lowest BCUT2D eigenvalue weighted by atomic mass is 9.95. The fourth-order valence-corrected chi connectivity index (χ4v) is 2.81. The Hall–Kier alpha value is -2.67. The lowest BCUT2D eigenvalue weighted by Crippen LogP contribution is -2.13. The third-order valence-electron chi connectivity index (χ3n) is 4.04. The number of aromatic nitrogens is 3. The van der Waals surface area contributed by atoms with E-state index in [1.807, 2.05) is 16.7 Å². The van der Waals surface area contributed by atoms with Gasteiger partial charge in [-0.2, -0.15) is 5.26 Å². The number of hydrogen-bond donors (Lipinski definition) is 0. The van der Waals surface area contributed by atoms with Crippen LogP contribution in [-0.4, -0.2) is 14.6 Å². The number of hydrogen-bond acceptors (Lipinski definition) is 3. The Morgan fingerprint density at radius 3 is 2.60 bits per heavy atom. The fourth-order valence-electron chi connectivity index (χ4n) is 2.81. The molecular formula is C16H12N4. The van der Waals surface area contributed by atoms with E-state index < -0.39 is 0 Å². The van der Waals surface area contributed by atoms with Gasteiger partial charge < -0.3 is 0 Å². The van der Waals surface area contributed by atoms with E-state index in [1.54, 1.807) is 12.1 Å². The molecule has 1 fully saturated rings. The highest BCUT2D eigenvalue weighted by Gasteiger charge is 2.49. The second kappa shape index (κ2) is 3.91. The fraction of sp³-hybridized carbons (Fsp3) is 0.188. The zero-order valence-corrected chi connectivity index (χ0v) is 10.8. The minimum atomic E-state index is -0.00512. The average Bonchev–Trinajstić information content (AvgIpc) is 3.21. The maximum atomic E-state index is 8.95. The van der Waals surface area contributed by atoms with Crippen molar-refractivity contribution in [1.29, 1.82) is 5.26 Å². The summed E-state index contributed by atoms with van der Waals surface area (Å²) in [5, 5.41) is 17.6. The van der Waals surface area contributed by atoms with Crippen LogP contribution < -0.4 is 0 Å². The molecule has 4 heteroatoms. The maximum absolute atomic E-state index is 8.95. The molecule has 0 N–H and O–H groups in total. The molecule has 4 rings (SSSR count). The van der Waals surface area contributed by atoms with Gasteiger partial charge in [0.1, 0.15) is 5.82 Å². The summed E-state index contributed by atoms with van der Waals surface area (Å²) in [4.78, 5) is 0. The van der Waals surface area contributed by atoms with Crippen molar-refractivity contribution in [2.24, 2.45) is 0 Å². The average molecular weight is 260 g/mol. The maximum Gasteiger partial charge on any atom is 0.162 e. The predicted molar refractivity (Wildman–Crippen MR) is 74.2 cm³/mol. The third kappa shape index (κ3) is 1.47. The van der Waals surface area contributed by atoms with E-state index >= 15 is 0 Å². The normalized spacial score (nSPS) is 15.9. The van der Waals surface area contributed by atoms with Crippen LogP contribution in [0.2, 0.25) is 0 Å². The topological polar surface area (TPSA) is 54.0 Å². The Morgan fingerprint density at radius 2 is 1.90 bits per heavy atom. The number of rotatable bonds is 2. The largest absolute Gasteiger partial charge is 0.286 e. The van der Waals surface area contributed by atoms with Gasteiger partial charge in [0.25, 0.3) is 0 Å². The Kier molecular flexibility index (Phi) is 2.19. The Labute approximate surface area is 116 Å². The summed E-state index contributed by atoms with van der Waals surface area (Å²) in [5.74, 6) is 0.975. The number of nitrogens with zero attached hydrogens (tertiary/aromatic N) is 4. The molecule has 0 atom stereocenters. The van der Waals surface area contributed by atoms with E-state index in [4.69, 9.17) is 5.26 Å². The Balaban J connectivity index is 1.90. The van der Waals surface area contributed by atoms with Crippen LogP contribution in [0.3, 0.4) is 0 Å². The number of nitriles is 1. The summed E-state index contributed by atoms with van der Waals surface area (Å²) in [6.07, 6.45) is 4.09. The SMILES string of the molecule is N#Cc1ccn2c(C3(c4ccccc4)CC3)nnc2c1. The monoisotopic (exact) mass is 260 g/mol. The van der Waals surface area contributed by atoms with Gasteiger partial charge in [0, 0.05) is 12.3 Å². The van der Waals surface area contributed by atoms with Crippen LogP contribution in [-0.2, 0) is 5.41 Å². The van der Waals surface area contributed by atoms with Crippen LogP contribution >= 0.6 is 0 Å². The molecule has 1 saturated carbocycles. The van der Waals surface area contributed by atoms with E-state index in [9.17, 15) is 0 Å². The summed E-state index contributed by atoms with van der Waals surface area (Å²) in [6, 6.07) is 16.2. The second-order valence-electron chi connectivity index (χ2n) is 5.23. The van der Waals surface area contributed by atoms with Crippen molar-refractivity contribution in [2.75, 3.05) is 0 Å². The predicted octanol–water partition coefficient (Wildman–Crippen LogP) is 2.68. The van der Waals surface area contributed by atoms with Gasteiger partial charge >= 0.3 is 0 Å². The molecule has 3 aromatic rings. The van der Waals surface area contributed by atoms with Crippen molar-refractivity contribution < 1.29 is 0 Å². The highest BCUT2D eigenvalue weighted by Crippen LogP contribution is 2.52. The van der Waals surface area contributed by atoms with Crippen LogP contribution in [0.1, 0.15) is 29.8 Å². The van der Waals surface area contributed by atoms with E-state index in [1.165, 1.54) is 5.56 Å². The smallest absolute Gasteiger partial charge is 0.162 e. The van der Waals surface area contributed by atoms with Crippen LogP contribution in [0.4, 0.5) is 0 Å². The summed E-state index contributed by atoms with van der Waals surface area (Å²) < 4.78 is 2.00. The second-order valence-corrected chi connectivity index (χ2v) is 5.23. The first kappa shape index (κ1) is 11.2. The van der Waals surface area contributed by atoms with Gasteiger partial charge in [-0.15, -0.1) is 10.2 Å². The molecule has 1 aliphatic carbocycles. The van der Waals surface area contributed by atoms with Crippen molar-refractivity contribution >= 4 is 5.65 Å². The standard InChI is InChI=1S/C16H12N4/c17-11-12-6-9-20-14(10-12)18-19-15(20)16(7-8-16)13-4-2-1-3-5-13/h1-6,9-10H,7-8H2. The Morgan fingerprint density at radius 1 is 1.10 bits per heavy atom. The first-order chi connectivity index (χ1) is 9.83. The molecule has 0 aliphatic heterocycles. The van der Waals surface area contributed by atoms with Gasteiger partial charge in [-0.05, 0) is 24.5 Å². The lowest BCUT2D eigenvalue weighted by molar-refractivity contribution is 0.740. The van der Waals surface area contributed by atoms with Crippen LogP contribution in [0.25, 0.3) is 5.65 Å². The van der Waals surface area contributed by atoms with Crippen molar-refractivity contribution in [3.63, 3.8) is 0 Å². The highest BCUT2D eigenvalue weighted by atomic mass is 15.3. The van der Waals surface area contributed by atoms with E-state index in [0.717, 1.165) is 24.3 Å². The molecule has 2 aromatic heterocycles. The highest BCUT2D eigenvalue weighted by molar-refractivity contribution is 5.49. The van der Waals surface area contributed by atoms with Crippen LogP contribution in [0.5, 0.6) is 0 Å². The molecule has 0 saturated heterocycles. The van der Waals surface area contributed by atoms with Crippen molar-refractivity contribution in [3.05, 3.63) is 65.6 Å².